The Balaban J connectivity index is 2.34. The lowest BCUT2D eigenvalue weighted by molar-refractivity contribution is -0.384. The van der Waals surface area contributed by atoms with Crippen LogP contribution in [0.5, 0.6) is 0 Å². The molecule has 2 aromatic carbocycles. The smallest absolute Gasteiger partial charge is 0.270 e. The Labute approximate surface area is 135 Å². The summed E-state index contributed by atoms with van der Waals surface area (Å²) < 4.78 is 0.668. The molecule has 0 unspecified atom stereocenters. The highest BCUT2D eigenvalue weighted by Crippen LogP contribution is 2.22. The maximum absolute atomic E-state index is 12.3. The van der Waals surface area contributed by atoms with Crippen LogP contribution in [-0.4, -0.2) is 10.8 Å². The molecule has 0 radical (unpaired) electrons. The maximum atomic E-state index is 12.3. The zero-order valence-electron chi connectivity index (χ0n) is 11.5. The molecule has 0 spiro atoms. The van der Waals surface area contributed by atoms with Gasteiger partial charge in [-0.2, -0.15) is 0 Å². The summed E-state index contributed by atoms with van der Waals surface area (Å²) in [6.07, 6.45) is 0. The lowest BCUT2D eigenvalue weighted by Gasteiger charge is -2.10. The Morgan fingerprint density at radius 3 is 2.57 bits per heavy atom. The van der Waals surface area contributed by atoms with E-state index in [1.165, 1.54) is 12.1 Å². The van der Waals surface area contributed by atoms with Crippen molar-refractivity contribution in [3.05, 3.63) is 66.8 Å². The van der Waals surface area contributed by atoms with E-state index in [1.54, 1.807) is 6.07 Å². The number of benzene rings is 2. The molecule has 108 valence electrons. The van der Waals surface area contributed by atoms with E-state index in [9.17, 15) is 14.9 Å². The van der Waals surface area contributed by atoms with Crippen molar-refractivity contribution in [1.82, 2.24) is 0 Å². The topological polar surface area (TPSA) is 72.2 Å². The zero-order chi connectivity index (χ0) is 15.6. The molecule has 0 bridgehead atoms. The van der Waals surface area contributed by atoms with E-state index in [4.69, 9.17) is 0 Å². The number of nitrogens with zero attached hydrogens (tertiary/aromatic N) is 1. The van der Waals surface area contributed by atoms with Gasteiger partial charge in [0.25, 0.3) is 11.6 Å². The number of nitro benzene ring substituents is 1. The molecule has 2 rings (SSSR count). The van der Waals surface area contributed by atoms with E-state index >= 15 is 0 Å². The maximum Gasteiger partial charge on any atom is 0.270 e. The number of carbonyl (C=O) groups excluding carboxylic acids is 1. The number of halogens is 1. The Kier molecular flexibility index (Phi) is 4.56. The quantitative estimate of drug-likeness (QED) is 0.483. The molecule has 1 N–H and O–H groups in total. The van der Waals surface area contributed by atoms with Crippen LogP contribution in [0.4, 0.5) is 11.4 Å². The molecule has 0 saturated heterocycles. The standard InChI is InChI=1S/C15H13IN2O3/c1-9-3-4-10(2)14(7-9)17-15(19)12-8-11(18(20)21)5-6-13(12)16/h3-8H,1-2H3,(H,17,19). The third-order valence-corrected chi connectivity index (χ3v) is 3.99. The Morgan fingerprint density at radius 2 is 1.90 bits per heavy atom. The van der Waals surface area contributed by atoms with Crippen LogP contribution in [0.15, 0.2) is 36.4 Å². The fraction of sp³-hybridized carbons (Fsp3) is 0.133. The molecule has 5 nitrogen and oxygen atoms in total. The van der Waals surface area contributed by atoms with Gasteiger partial charge in [0, 0.05) is 21.4 Å². The van der Waals surface area contributed by atoms with Crippen LogP contribution in [0.2, 0.25) is 0 Å². The number of non-ortho nitro benzene ring substituents is 1. The van der Waals surface area contributed by atoms with Gasteiger partial charge in [-0.25, -0.2) is 0 Å². The van der Waals surface area contributed by atoms with Crippen molar-refractivity contribution in [2.75, 3.05) is 5.32 Å². The Bertz CT molecular complexity index is 729. The number of carbonyl (C=O) groups is 1. The molecule has 0 aliphatic rings. The van der Waals surface area contributed by atoms with Gasteiger partial charge in [-0.15, -0.1) is 0 Å². The van der Waals surface area contributed by atoms with Gasteiger partial charge in [0.15, 0.2) is 0 Å². The average molecular weight is 396 g/mol. The van der Waals surface area contributed by atoms with Crippen molar-refractivity contribution >= 4 is 39.9 Å². The van der Waals surface area contributed by atoms with Gasteiger partial charge in [-0.3, -0.25) is 14.9 Å². The van der Waals surface area contributed by atoms with E-state index in [-0.39, 0.29) is 11.6 Å². The lowest BCUT2D eigenvalue weighted by atomic mass is 10.1. The summed E-state index contributed by atoms with van der Waals surface area (Å²) in [6, 6.07) is 10.00. The number of anilines is 1. The Hall–Kier alpha value is -1.96. The number of aryl methyl sites for hydroxylation is 2. The highest BCUT2D eigenvalue weighted by molar-refractivity contribution is 14.1. The average Bonchev–Trinajstić information content (AvgIpc) is 2.43. The first-order valence-electron chi connectivity index (χ1n) is 6.21. The van der Waals surface area contributed by atoms with Gasteiger partial charge < -0.3 is 5.32 Å². The van der Waals surface area contributed by atoms with Crippen molar-refractivity contribution in [2.45, 2.75) is 13.8 Å². The van der Waals surface area contributed by atoms with Crippen LogP contribution >= 0.6 is 22.6 Å². The van der Waals surface area contributed by atoms with E-state index in [0.717, 1.165) is 11.1 Å². The molecule has 0 heterocycles. The summed E-state index contributed by atoms with van der Waals surface area (Å²) >= 11 is 1.99. The number of rotatable bonds is 3. The Morgan fingerprint density at radius 1 is 1.19 bits per heavy atom. The second kappa shape index (κ2) is 6.21. The van der Waals surface area contributed by atoms with Gasteiger partial charge in [-0.1, -0.05) is 12.1 Å². The van der Waals surface area contributed by atoms with Crippen LogP contribution in [0.25, 0.3) is 0 Å². The van der Waals surface area contributed by atoms with E-state index in [0.29, 0.717) is 14.8 Å². The SMILES string of the molecule is Cc1ccc(C)c(NC(=O)c2cc([N+](=O)[O-])ccc2I)c1. The first kappa shape index (κ1) is 15.4. The number of hydrogen-bond donors (Lipinski definition) is 1. The predicted octanol–water partition coefficient (Wildman–Crippen LogP) is 4.07. The predicted molar refractivity (Wildman–Crippen MR) is 89.7 cm³/mol. The zero-order valence-corrected chi connectivity index (χ0v) is 13.7. The van der Waals surface area contributed by atoms with Crippen molar-refractivity contribution in [3.63, 3.8) is 0 Å². The number of hydrogen-bond acceptors (Lipinski definition) is 3. The van der Waals surface area contributed by atoms with Gasteiger partial charge in [0.05, 0.1) is 10.5 Å². The summed E-state index contributed by atoms with van der Waals surface area (Å²) in [5.74, 6) is -0.350. The van der Waals surface area contributed by atoms with Crippen LogP contribution in [0.1, 0.15) is 21.5 Å². The summed E-state index contributed by atoms with van der Waals surface area (Å²) in [6.45, 7) is 3.83. The summed E-state index contributed by atoms with van der Waals surface area (Å²) in [7, 11) is 0. The second-order valence-corrected chi connectivity index (χ2v) is 5.86. The van der Waals surface area contributed by atoms with Crippen molar-refractivity contribution in [1.29, 1.82) is 0 Å². The molecule has 1 amide bonds. The molecule has 0 aliphatic carbocycles. The van der Waals surface area contributed by atoms with Crippen LogP contribution < -0.4 is 5.32 Å². The summed E-state index contributed by atoms with van der Waals surface area (Å²) in [4.78, 5) is 22.6. The van der Waals surface area contributed by atoms with Crippen molar-refractivity contribution in [2.24, 2.45) is 0 Å². The first-order chi connectivity index (χ1) is 9.88. The minimum absolute atomic E-state index is 0.0958. The van der Waals surface area contributed by atoms with Crippen LogP contribution in [0.3, 0.4) is 0 Å². The fourth-order valence-electron chi connectivity index (χ4n) is 1.86. The van der Waals surface area contributed by atoms with E-state index in [2.05, 4.69) is 5.32 Å². The van der Waals surface area contributed by atoms with Gasteiger partial charge in [0.2, 0.25) is 0 Å². The van der Waals surface area contributed by atoms with Crippen molar-refractivity contribution < 1.29 is 9.72 Å². The fourth-order valence-corrected chi connectivity index (χ4v) is 2.44. The van der Waals surface area contributed by atoms with E-state index in [1.807, 2.05) is 54.6 Å². The minimum atomic E-state index is -0.509. The summed E-state index contributed by atoms with van der Waals surface area (Å²) in [5.41, 5.74) is 2.88. The molecule has 0 atom stereocenters. The van der Waals surface area contributed by atoms with Crippen LogP contribution in [0, 0.1) is 27.5 Å². The lowest BCUT2D eigenvalue weighted by Crippen LogP contribution is -2.14. The monoisotopic (exact) mass is 396 g/mol. The largest absolute Gasteiger partial charge is 0.322 e. The highest BCUT2D eigenvalue weighted by atomic mass is 127. The van der Waals surface area contributed by atoms with Gasteiger partial charge in [0.1, 0.15) is 0 Å². The highest BCUT2D eigenvalue weighted by Gasteiger charge is 2.16. The molecule has 2 aromatic rings. The molecule has 0 fully saturated rings. The molecule has 6 heteroatoms. The number of nitrogens with one attached hydrogen (secondary N) is 1. The number of amides is 1. The van der Waals surface area contributed by atoms with E-state index < -0.39 is 4.92 Å². The summed E-state index contributed by atoms with van der Waals surface area (Å²) in [5, 5.41) is 13.6. The van der Waals surface area contributed by atoms with Crippen LogP contribution in [-0.2, 0) is 0 Å². The minimum Gasteiger partial charge on any atom is -0.322 e. The molecular weight excluding hydrogens is 383 g/mol. The molecule has 0 saturated carbocycles. The third kappa shape index (κ3) is 3.57. The third-order valence-electron chi connectivity index (χ3n) is 3.05. The molecular formula is C15H13IN2O3. The first-order valence-corrected chi connectivity index (χ1v) is 7.29. The molecule has 0 aromatic heterocycles. The van der Waals surface area contributed by atoms with Crippen molar-refractivity contribution in [3.8, 4) is 0 Å². The second-order valence-electron chi connectivity index (χ2n) is 4.69. The molecule has 0 aliphatic heterocycles. The van der Waals surface area contributed by atoms with Gasteiger partial charge in [-0.05, 0) is 59.7 Å². The normalized spacial score (nSPS) is 10.2. The van der Waals surface area contributed by atoms with Gasteiger partial charge >= 0.3 is 0 Å². The number of nitro groups is 1. The molecule has 21 heavy (non-hydrogen) atoms.